The fourth-order valence-electron chi connectivity index (χ4n) is 1.59. The van der Waals surface area contributed by atoms with Crippen molar-refractivity contribution < 1.29 is 24.2 Å². The Labute approximate surface area is 119 Å². The van der Waals surface area contributed by atoms with Gasteiger partial charge in [-0.15, -0.1) is 0 Å². The van der Waals surface area contributed by atoms with Crippen LogP contribution >= 0.6 is 0 Å². The topological polar surface area (TPSA) is 95.9 Å². The molecule has 2 atom stereocenters. The van der Waals surface area contributed by atoms with Crippen LogP contribution in [-0.4, -0.2) is 53.7 Å². The van der Waals surface area contributed by atoms with E-state index in [2.05, 4.69) is 10.1 Å². The van der Waals surface area contributed by atoms with E-state index >= 15 is 0 Å². The summed E-state index contributed by atoms with van der Waals surface area (Å²) in [4.78, 5) is 35.8. The van der Waals surface area contributed by atoms with Gasteiger partial charge in [-0.1, -0.05) is 20.3 Å². The summed E-state index contributed by atoms with van der Waals surface area (Å²) in [6.45, 7) is 6.86. The largest absolute Gasteiger partial charge is 0.480 e. The van der Waals surface area contributed by atoms with E-state index in [0.717, 1.165) is 0 Å². The standard InChI is InChI=1S/C13H24N2O5/c1-6-9(4)11(12(17)18)14-13(19)15(8(2)3)7-10(16)20-5/h8-9,11H,6-7H2,1-5H3,(H,14,19)(H,17,18)/t9?,11-/m0/s1. The SMILES string of the molecule is CCC(C)[C@H](NC(=O)N(CC(=O)OC)C(C)C)C(=O)O. The van der Waals surface area contributed by atoms with Crippen molar-refractivity contribution in [3.8, 4) is 0 Å². The van der Waals surface area contributed by atoms with E-state index in [-0.39, 0.29) is 18.5 Å². The van der Waals surface area contributed by atoms with Gasteiger partial charge in [-0.25, -0.2) is 9.59 Å². The molecule has 0 spiro atoms. The van der Waals surface area contributed by atoms with Crippen molar-refractivity contribution >= 4 is 18.0 Å². The molecule has 0 aliphatic carbocycles. The highest BCUT2D eigenvalue weighted by atomic mass is 16.5. The van der Waals surface area contributed by atoms with Crippen molar-refractivity contribution in [2.24, 2.45) is 5.92 Å². The molecule has 0 aromatic rings. The number of hydrogen-bond donors (Lipinski definition) is 2. The summed E-state index contributed by atoms with van der Waals surface area (Å²) in [5.74, 6) is -1.85. The molecule has 2 amide bonds. The molecule has 116 valence electrons. The van der Waals surface area contributed by atoms with Gasteiger partial charge >= 0.3 is 18.0 Å². The Morgan fingerprint density at radius 3 is 2.15 bits per heavy atom. The van der Waals surface area contributed by atoms with Crippen molar-refractivity contribution in [3.63, 3.8) is 0 Å². The lowest BCUT2D eigenvalue weighted by Crippen LogP contribution is -2.53. The Kier molecular flexibility index (Phi) is 7.64. The van der Waals surface area contributed by atoms with Gasteiger partial charge in [0.05, 0.1) is 7.11 Å². The molecule has 2 N–H and O–H groups in total. The van der Waals surface area contributed by atoms with Crippen LogP contribution in [0.4, 0.5) is 4.79 Å². The molecule has 7 nitrogen and oxygen atoms in total. The maximum Gasteiger partial charge on any atom is 0.326 e. The van der Waals surface area contributed by atoms with E-state index in [4.69, 9.17) is 5.11 Å². The predicted octanol–water partition coefficient (Wildman–Crippen LogP) is 1.08. The molecule has 0 radical (unpaired) electrons. The number of amides is 2. The third-order valence-corrected chi connectivity index (χ3v) is 3.17. The monoisotopic (exact) mass is 288 g/mol. The second-order valence-corrected chi connectivity index (χ2v) is 4.95. The lowest BCUT2D eigenvalue weighted by molar-refractivity contribution is -0.141. The first-order chi connectivity index (χ1) is 9.24. The van der Waals surface area contributed by atoms with Crippen LogP contribution in [0, 0.1) is 5.92 Å². The molecular weight excluding hydrogens is 264 g/mol. The normalized spacial score (nSPS) is 13.5. The Morgan fingerprint density at radius 2 is 1.80 bits per heavy atom. The highest BCUT2D eigenvalue weighted by Gasteiger charge is 2.29. The molecule has 0 fully saturated rings. The molecular formula is C13H24N2O5. The maximum atomic E-state index is 12.1. The summed E-state index contributed by atoms with van der Waals surface area (Å²) in [5, 5.41) is 11.6. The van der Waals surface area contributed by atoms with E-state index in [1.165, 1.54) is 12.0 Å². The van der Waals surface area contributed by atoms with Crippen molar-refractivity contribution in [1.82, 2.24) is 10.2 Å². The van der Waals surface area contributed by atoms with Gasteiger partial charge < -0.3 is 20.1 Å². The van der Waals surface area contributed by atoms with Crippen molar-refractivity contribution in [2.45, 2.75) is 46.2 Å². The zero-order chi connectivity index (χ0) is 15.9. The molecule has 0 saturated heterocycles. The summed E-state index contributed by atoms with van der Waals surface area (Å²) >= 11 is 0. The molecule has 20 heavy (non-hydrogen) atoms. The number of ether oxygens (including phenoxy) is 1. The van der Waals surface area contributed by atoms with E-state index in [1.807, 2.05) is 6.92 Å². The van der Waals surface area contributed by atoms with Gasteiger partial charge in [-0.3, -0.25) is 4.79 Å². The minimum absolute atomic E-state index is 0.205. The Bertz CT molecular complexity index is 357. The molecule has 0 saturated carbocycles. The van der Waals surface area contributed by atoms with Crippen LogP contribution in [0.2, 0.25) is 0 Å². The van der Waals surface area contributed by atoms with Gasteiger partial charge in [-0.2, -0.15) is 0 Å². The van der Waals surface area contributed by atoms with Crippen LogP contribution in [0.1, 0.15) is 34.1 Å². The van der Waals surface area contributed by atoms with E-state index in [0.29, 0.717) is 6.42 Å². The first-order valence-corrected chi connectivity index (χ1v) is 6.61. The van der Waals surface area contributed by atoms with Crippen molar-refractivity contribution in [3.05, 3.63) is 0 Å². The average Bonchev–Trinajstić information content (AvgIpc) is 2.39. The Balaban J connectivity index is 4.89. The van der Waals surface area contributed by atoms with E-state index in [9.17, 15) is 14.4 Å². The first kappa shape index (κ1) is 18.2. The maximum absolute atomic E-state index is 12.1. The number of esters is 1. The summed E-state index contributed by atoms with van der Waals surface area (Å²) < 4.78 is 4.53. The Morgan fingerprint density at radius 1 is 1.25 bits per heavy atom. The molecule has 0 bridgehead atoms. The number of carbonyl (C=O) groups excluding carboxylic acids is 2. The zero-order valence-corrected chi connectivity index (χ0v) is 12.7. The molecule has 0 rings (SSSR count). The van der Waals surface area contributed by atoms with Crippen LogP contribution in [0.15, 0.2) is 0 Å². The fraction of sp³-hybridized carbons (Fsp3) is 0.769. The average molecular weight is 288 g/mol. The summed E-state index contributed by atoms with van der Waals surface area (Å²) in [6.07, 6.45) is 0.621. The molecule has 0 aromatic heterocycles. The highest BCUT2D eigenvalue weighted by molar-refractivity contribution is 5.85. The number of rotatable bonds is 7. The van der Waals surface area contributed by atoms with Crippen LogP contribution in [0.25, 0.3) is 0 Å². The highest BCUT2D eigenvalue weighted by Crippen LogP contribution is 2.09. The number of carboxylic acid groups (broad SMARTS) is 1. The second kappa shape index (κ2) is 8.39. The second-order valence-electron chi connectivity index (χ2n) is 4.95. The molecule has 7 heteroatoms. The number of carbonyl (C=O) groups is 3. The van der Waals surface area contributed by atoms with Crippen molar-refractivity contribution in [2.75, 3.05) is 13.7 Å². The molecule has 0 aliphatic rings. The zero-order valence-electron chi connectivity index (χ0n) is 12.7. The number of carboxylic acids is 1. The smallest absolute Gasteiger partial charge is 0.326 e. The number of nitrogens with zero attached hydrogens (tertiary/aromatic N) is 1. The fourth-order valence-corrected chi connectivity index (χ4v) is 1.59. The quantitative estimate of drug-likeness (QED) is 0.683. The number of nitrogens with one attached hydrogen (secondary N) is 1. The van der Waals surface area contributed by atoms with E-state index < -0.39 is 24.0 Å². The summed E-state index contributed by atoms with van der Waals surface area (Å²) in [5.41, 5.74) is 0. The number of urea groups is 1. The van der Waals surface area contributed by atoms with Crippen molar-refractivity contribution in [1.29, 1.82) is 0 Å². The van der Waals surface area contributed by atoms with Crippen LogP contribution < -0.4 is 5.32 Å². The third-order valence-electron chi connectivity index (χ3n) is 3.17. The van der Waals surface area contributed by atoms with Crippen LogP contribution in [0.5, 0.6) is 0 Å². The lowest BCUT2D eigenvalue weighted by Gasteiger charge is -2.29. The summed E-state index contributed by atoms with van der Waals surface area (Å²) in [6, 6.07) is -1.81. The summed E-state index contributed by atoms with van der Waals surface area (Å²) in [7, 11) is 1.23. The molecule has 0 aliphatic heterocycles. The Hall–Kier alpha value is -1.79. The predicted molar refractivity (Wildman–Crippen MR) is 73.3 cm³/mol. The van der Waals surface area contributed by atoms with Gasteiger partial charge in [0.2, 0.25) is 0 Å². The minimum atomic E-state index is -1.09. The van der Waals surface area contributed by atoms with Crippen LogP contribution in [-0.2, 0) is 14.3 Å². The van der Waals surface area contributed by atoms with Gasteiger partial charge in [0.25, 0.3) is 0 Å². The van der Waals surface area contributed by atoms with E-state index in [1.54, 1.807) is 20.8 Å². The lowest BCUT2D eigenvalue weighted by atomic mass is 9.99. The van der Waals surface area contributed by atoms with Gasteiger partial charge in [0, 0.05) is 6.04 Å². The van der Waals surface area contributed by atoms with Gasteiger partial charge in [0.15, 0.2) is 0 Å². The number of methoxy groups -OCH3 is 1. The molecule has 0 heterocycles. The first-order valence-electron chi connectivity index (χ1n) is 6.61. The minimum Gasteiger partial charge on any atom is -0.480 e. The van der Waals surface area contributed by atoms with Gasteiger partial charge in [-0.05, 0) is 19.8 Å². The molecule has 0 aromatic carbocycles. The molecule has 1 unspecified atom stereocenters. The van der Waals surface area contributed by atoms with Gasteiger partial charge in [0.1, 0.15) is 12.6 Å². The third kappa shape index (κ3) is 5.46. The number of hydrogen-bond acceptors (Lipinski definition) is 4. The van der Waals surface area contributed by atoms with Crippen LogP contribution in [0.3, 0.4) is 0 Å². The number of aliphatic carboxylic acids is 1.